The summed E-state index contributed by atoms with van der Waals surface area (Å²) >= 11 is 2.63. The zero-order chi connectivity index (χ0) is 28.8. The van der Waals surface area contributed by atoms with E-state index in [0.29, 0.717) is 22.1 Å². The highest BCUT2D eigenvalue weighted by Crippen LogP contribution is 2.37. The van der Waals surface area contributed by atoms with Gasteiger partial charge in [-0.15, -0.1) is 23.1 Å². The number of halogens is 1. The van der Waals surface area contributed by atoms with Gasteiger partial charge in [-0.1, -0.05) is 30.3 Å². The molecule has 8 nitrogen and oxygen atoms in total. The van der Waals surface area contributed by atoms with Crippen molar-refractivity contribution < 1.29 is 18.9 Å². The molecule has 0 aliphatic rings. The van der Waals surface area contributed by atoms with Crippen molar-refractivity contribution in [3.05, 3.63) is 136 Å². The number of aromatic nitrogens is 1. The lowest BCUT2D eigenvalue weighted by Crippen LogP contribution is -2.19. The minimum absolute atomic E-state index is 0.0943. The number of amides is 2. The summed E-state index contributed by atoms with van der Waals surface area (Å²) in [5.74, 6) is -0.984. The average molecular weight is 585 g/mol. The van der Waals surface area contributed by atoms with Gasteiger partial charge >= 0.3 is 0 Å². The summed E-state index contributed by atoms with van der Waals surface area (Å²) in [5, 5.41) is 18.2. The molecule has 1 atom stereocenters. The molecule has 4 aromatic carbocycles. The molecule has 0 saturated heterocycles. The average Bonchev–Trinajstić information content (AvgIpc) is 3.46. The second kappa shape index (κ2) is 12.5. The third-order valence-electron chi connectivity index (χ3n) is 5.92. The number of non-ortho nitro benzene ring substituents is 1. The topological polar surface area (TPSA) is 114 Å². The van der Waals surface area contributed by atoms with Crippen molar-refractivity contribution in [1.29, 1.82) is 0 Å². The van der Waals surface area contributed by atoms with Gasteiger partial charge < -0.3 is 10.6 Å². The van der Waals surface area contributed by atoms with E-state index in [1.54, 1.807) is 41.8 Å². The Morgan fingerprint density at radius 1 is 0.878 bits per heavy atom. The van der Waals surface area contributed by atoms with Crippen LogP contribution in [0.25, 0.3) is 11.3 Å². The summed E-state index contributed by atoms with van der Waals surface area (Å²) in [6.45, 7) is 0. The molecule has 2 amide bonds. The Morgan fingerprint density at radius 2 is 1.56 bits per heavy atom. The first-order valence-corrected chi connectivity index (χ1v) is 14.0. The van der Waals surface area contributed by atoms with Crippen LogP contribution >= 0.6 is 23.1 Å². The lowest BCUT2D eigenvalue weighted by molar-refractivity contribution is -0.384. The van der Waals surface area contributed by atoms with E-state index in [2.05, 4.69) is 15.6 Å². The molecular weight excluding hydrogens is 563 g/mol. The van der Waals surface area contributed by atoms with Gasteiger partial charge in [0.1, 0.15) is 11.1 Å². The van der Waals surface area contributed by atoms with Crippen LogP contribution in [0.3, 0.4) is 0 Å². The Morgan fingerprint density at radius 3 is 2.22 bits per heavy atom. The van der Waals surface area contributed by atoms with E-state index in [4.69, 9.17) is 0 Å². The normalized spacial score (nSPS) is 11.4. The number of nitrogens with zero attached hydrogens (tertiary/aromatic N) is 2. The molecule has 0 spiro atoms. The zero-order valence-corrected chi connectivity index (χ0v) is 22.8. The van der Waals surface area contributed by atoms with Crippen molar-refractivity contribution in [3.63, 3.8) is 0 Å². The summed E-state index contributed by atoms with van der Waals surface area (Å²) in [6, 6.07) is 27.7. The first-order chi connectivity index (χ1) is 19.9. The van der Waals surface area contributed by atoms with Crippen LogP contribution in [-0.2, 0) is 4.79 Å². The predicted octanol–water partition coefficient (Wildman–Crippen LogP) is 7.58. The van der Waals surface area contributed by atoms with Gasteiger partial charge in [-0.25, -0.2) is 9.37 Å². The van der Waals surface area contributed by atoms with Crippen molar-refractivity contribution in [1.82, 2.24) is 4.98 Å². The number of thioether (sulfide) groups is 1. The molecular formula is C30H21FN4O4S2. The fourth-order valence-corrected chi connectivity index (χ4v) is 5.59. The predicted molar refractivity (Wildman–Crippen MR) is 159 cm³/mol. The molecule has 1 unspecified atom stereocenters. The number of carbonyl (C=O) groups is 2. The Balaban J connectivity index is 1.27. The molecule has 1 aromatic heterocycles. The highest BCUT2D eigenvalue weighted by molar-refractivity contribution is 8.00. The molecule has 41 heavy (non-hydrogen) atoms. The second-order valence-corrected chi connectivity index (χ2v) is 10.8. The summed E-state index contributed by atoms with van der Waals surface area (Å²) in [4.78, 5) is 41.6. The van der Waals surface area contributed by atoms with E-state index < -0.39 is 16.1 Å². The van der Waals surface area contributed by atoms with Crippen molar-refractivity contribution in [2.75, 3.05) is 10.6 Å². The summed E-state index contributed by atoms with van der Waals surface area (Å²) in [7, 11) is 0. The maximum absolute atomic E-state index is 13.4. The first kappa shape index (κ1) is 27.7. The molecule has 0 aliphatic carbocycles. The number of nitro groups is 1. The molecule has 1 heterocycles. The number of anilines is 2. The number of hydrogen-bond acceptors (Lipinski definition) is 7. The Bertz CT molecular complexity index is 1680. The van der Waals surface area contributed by atoms with E-state index >= 15 is 0 Å². The van der Waals surface area contributed by atoms with Gasteiger partial charge in [0, 0.05) is 39.2 Å². The van der Waals surface area contributed by atoms with Crippen LogP contribution in [0.5, 0.6) is 0 Å². The Kier molecular flexibility index (Phi) is 8.47. The van der Waals surface area contributed by atoms with Crippen LogP contribution in [-0.4, -0.2) is 21.7 Å². The number of thiazole rings is 1. The molecule has 11 heteroatoms. The number of carbonyl (C=O) groups excluding carboxylic acids is 2. The summed E-state index contributed by atoms with van der Waals surface area (Å²) in [5.41, 5.74) is 2.93. The van der Waals surface area contributed by atoms with Crippen molar-refractivity contribution in [2.45, 2.75) is 10.1 Å². The Hall–Kier alpha value is -4.87. The standard InChI is InChI=1S/C30H21FN4O4S2/c31-22-10-6-19(7-11-22)26-18-40-30(33-26)34-29(37)27(20-4-2-1-3-5-20)41-25-16-12-23(13-17-25)32-28(36)21-8-14-24(15-9-21)35(38)39/h1-18,27H,(H,32,36)(H,33,34,37). The summed E-state index contributed by atoms with van der Waals surface area (Å²) < 4.78 is 13.3. The monoisotopic (exact) mass is 584 g/mol. The van der Waals surface area contributed by atoms with Crippen LogP contribution in [0.4, 0.5) is 20.9 Å². The minimum atomic E-state index is -0.588. The second-order valence-electron chi connectivity index (χ2n) is 8.73. The Labute approximate surface area is 242 Å². The molecule has 204 valence electrons. The van der Waals surface area contributed by atoms with E-state index in [0.717, 1.165) is 16.0 Å². The molecule has 2 N–H and O–H groups in total. The number of nitrogens with one attached hydrogen (secondary N) is 2. The van der Waals surface area contributed by atoms with Gasteiger partial charge in [-0.05, 0) is 66.2 Å². The molecule has 0 fully saturated rings. The fraction of sp³-hybridized carbons (Fsp3) is 0.0333. The zero-order valence-electron chi connectivity index (χ0n) is 21.2. The first-order valence-electron chi connectivity index (χ1n) is 12.3. The molecule has 0 aliphatic heterocycles. The van der Waals surface area contributed by atoms with Gasteiger partial charge in [0.2, 0.25) is 5.91 Å². The highest BCUT2D eigenvalue weighted by atomic mass is 32.2. The SMILES string of the molecule is O=C(Nc1ccc(SC(C(=O)Nc2nc(-c3ccc(F)cc3)cs2)c2ccccc2)cc1)c1ccc([N+](=O)[O-])cc1. The number of nitro benzene ring substituents is 1. The van der Waals surface area contributed by atoms with Crippen LogP contribution in [0.2, 0.25) is 0 Å². The van der Waals surface area contributed by atoms with Gasteiger partial charge in [0.15, 0.2) is 5.13 Å². The van der Waals surface area contributed by atoms with Crippen molar-refractivity contribution in [2.24, 2.45) is 0 Å². The minimum Gasteiger partial charge on any atom is -0.322 e. The lowest BCUT2D eigenvalue weighted by Gasteiger charge is -2.16. The number of hydrogen-bond donors (Lipinski definition) is 2. The third-order valence-corrected chi connectivity index (χ3v) is 7.95. The molecule has 0 bridgehead atoms. The van der Waals surface area contributed by atoms with E-state index in [1.807, 2.05) is 30.3 Å². The molecule has 0 radical (unpaired) electrons. The maximum atomic E-state index is 13.4. The lowest BCUT2D eigenvalue weighted by atomic mass is 10.1. The number of benzene rings is 4. The van der Waals surface area contributed by atoms with Crippen molar-refractivity contribution >= 4 is 51.4 Å². The fourth-order valence-electron chi connectivity index (χ4n) is 3.85. The molecule has 5 rings (SSSR count). The quantitative estimate of drug-likeness (QED) is 0.105. The van der Waals surface area contributed by atoms with E-state index in [-0.39, 0.29) is 17.4 Å². The van der Waals surface area contributed by atoms with E-state index in [1.165, 1.54) is 59.5 Å². The van der Waals surface area contributed by atoms with Crippen LogP contribution in [0.1, 0.15) is 21.2 Å². The largest absolute Gasteiger partial charge is 0.322 e. The highest BCUT2D eigenvalue weighted by Gasteiger charge is 2.23. The molecule has 0 saturated carbocycles. The van der Waals surface area contributed by atoms with Gasteiger partial charge in [-0.3, -0.25) is 19.7 Å². The molecule has 5 aromatic rings. The smallest absolute Gasteiger partial charge is 0.269 e. The van der Waals surface area contributed by atoms with Gasteiger partial charge in [0.25, 0.3) is 11.6 Å². The van der Waals surface area contributed by atoms with E-state index in [9.17, 15) is 24.1 Å². The maximum Gasteiger partial charge on any atom is 0.269 e. The number of rotatable bonds is 9. The van der Waals surface area contributed by atoms with Crippen LogP contribution in [0.15, 0.2) is 113 Å². The van der Waals surface area contributed by atoms with Gasteiger partial charge in [-0.2, -0.15) is 0 Å². The van der Waals surface area contributed by atoms with Crippen LogP contribution in [0, 0.1) is 15.9 Å². The van der Waals surface area contributed by atoms with Crippen LogP contribution < -0.4 is 10.6 Å². The van der Waals surface area contributed by atoms with Crippen molar-refractivity contribution in [3.8, 4) is 11.3 Å². The third kappa shape index (κ3) is 7.02. The summed E-state index contributed by atoms with van der Waals surface area (Å²) in [6.07, 6.45) is 0. The van der Waals surface area contributed by atoms with Gasteiger partial charge in [0.05, 0.1) is 10.6 Å².